The summed E-state index contributed by atoms with van der Waals surface area (Å²) in [5.74, 6) is 0.0477. The van der Waals surface area contributed by atoms with Gasteiger partial charge in [0.25, 0.3) is 12.3 Å². The molecule has 7 nitrogen and oxygen atoms in total. The number of carbonyl (C=O) groups excluding carboxylic acids is 1. The van der Waals surface area contributed by atoms with Gasteiger partial charge < -0.3 is 10.6 Å². The van der Waals surface area contributed by atoms with E-state index in [0.29, 0.717) is 17.0 Å². The number of anilines is 1. The zero-order valence-electron chi connectivity index (χ0n) is 17.0. The van der Waals surface area contributed by atoms with E-state index < -0.39 is 6.43 Å². The van der Waals surface area contributed by atoms with Crippen molar-refractivity contribution < 1.29 is 18.0 Å². The van der Waals surface area contributed by atoms with Gasteiger partial charge in [0.1, 0.15) is 23.0 Å². The second-order valence-electron chi connectivity index (χ2n) is 8.02. The highest BCUT2D eigenvalue weighted by Gasteiger charge is 2.24. The maximum atomic E-state index is 13.3. The smallest absolute Gasteiger partial charge is 0.281 e. The van der Waals surface area contributed by atoms with E-state index in [1.54, 1.807) is 22.6 Å². The normalized spacial score (nSPS) is 19.0. The third-order valence-electron chi connectivity index (χ3n) is 5.81. The lowest BCUT2D eigenvalue weighted by molar-refractivity contribution is 0.0921. The Bertz CT molecular complexity index is 1280. The number of rotatable bonds is 5. The Balaban J connectivity index is 1.20. The van der Waals surface area contributed by atoms with Gasteiger partial charge >= 0.3 is 0 Å². The number of hydrogen-bond acceptors (Lipinski definition) is 4. The molecule has 166 valence electrons. The van der Waals surface area contributed by atoms with Gasteiger partial charge in [-0.25, -0.2) is 22.7 Å². The number of imidazole rings is 1. The van der Waals surface area contributed by atoms with Gasteiger partial charge in [-0.15, -0.1) is 0 Å². The monoisotopic (exact) mass is 442 g/mol. The van der Waals surface area contributed by atoms with Crippen LogP contribution in [0.3, 0.4) is 0 Å². The molecular formula is C22H21F3N6O. The summed E-state index contributed by atoms with van der Waals surface area (Å²) < 4.78 is 42.4. The molecule has 0 atom stereocenters. The fourth-order valence-corrected chi connectivity index (χ4v) is 4.18. The van der Waals surface area contributed by atoms with E-state index in [4.69, 9.17) is 0 Å². The first-order chi connectivity index (χ1) is 15.5. The Morgan fingerprint density at radius 2 is 1.88 bits per heavy atom. The number of pyridine rings is 2. The second-order valence-corrected chi connectivity index (χ2v) is 8.02. The lowest BCUT2D eigenvalue weighted by Gasteiger charge is -2.30. The lowest BCUT2D eigenvalue weighted by Crippen LogP contribution is -2.40. The van der Waals surface area contributed by atoms with E-state index in [2.05, 4.69) is 20.7 Å². The lowest BCUT2D eigenvalue weighted by atomic mass is 9.91. The molecule has 1 fully saturated rings. The van der Waals surface area contributed by atoms with E-state index in [-0.39, 0.29) is 35.2 Å². The van der Waals surface area contributed by atoms with Crippen LogP contribution in [0.2, 0.25) is 0 Å². The van der Waals surface area contributed by atoms with Gasteiger partial charge in [-0.05, 0) is 56.0 Å². The highest BCUT2D eigenvalue weighted by atomic mass is 19.3. The van der Waals surface area contributed by atoms with Crippen molar-refractivity contribution >= 4 is 22.9 Å². The Morgan fingerprint density at radius 1 is 1.09 bits per heavy atom. The minimum Gasteiger partial charge on any atom is -0.368 e. The van der Waals surface area contributed by atoms with Crippen LogP contribution < -0.4 is 10.6 Å². The highest BCUT2D eigenvalue weighted by Crippen LogP contribution is 2.25. The summed E-state index contributed by atoms with van der Waals surface area (Å²) >= 11 is 0. The fraction of sp³-hybridized carbons (Fsp3) is 0.318. The molecule has 2 N–H and O–H groups in total. The number of fused-ring (bicyclic) bond motifs is 2. The van der Waals surface area contributed by atoms with E-state index in [9.17, 15) is 18.0 Å². The van der Waals surface area contributed by atoms with Gasteiger partial charge in [0.05, 0.1) is 5.52 Å². The van der Waals surface area contributed by atoms with Gasteiger partial charge in [-0.3, -0.25) is 9.20 Å². The molecule has 32 heavy (non-hydrogen) atoms. The molecule has 4 heterocycles. The predicted octanol–water partition coefficient (Wildman–Crippen LogP) is 4.21. The molecule has 0 bridgehead atoms. The van der Waals surface area contributed by atoms with Crippen molar-refractivity contribution in [1.82, 2.24) is 24.3 Å². The average Bonchev–Trinajstić information content (AvgIpc) is 3.40. The van der Waals surface area contributed by atoms with Gasteiger partial charge in [0.15, 0.2) is 5.69 Å². The molecule has 10 heteroatoms. The van der Waals surface area contributed by atoms with Crippen molar-refractivity contribution in [2.45, 2.75) is 44.2 Å². The van der Waals surface area contributed by atoms with Crippen LogP contribution in [0.4, 0.5) is 19.0 Å². The SMILES string of the molecule is O=C(N[C@H]1CC[C@@H](Nc2cccc3nc(C(F)F)cn23)CC1)c1cc2cc(F)ccn2n1. The van der Waals surface area contributed by atoms with Crippen LogP contribution in [0.25, 0.3) is 11.2 Å². The molecule has 0 aromatic carbocycles. The van der Waals surface area contributed by atoms with Crippen molar-refractivity contribution in [2.75, 3.05) is 5.32 Å². The number of alkyl halides is 2. The van der Waals surface area contributed by atoms with Crippen molar-refractivity contribution in [1.29, 1.82) is 0 Å². The largest absolute Gasteiger partial charge is 0.368 e. The van der Waals surface area contributed by atoms with Gasteiger partial charge in [0, 0.05) is 24.5 Å². The van der Waals surface area contributed by atoms with Crippen LogP contribution in [0.15, 0.2) is 48.8 Å². The molecule has 1 aliphatic rings. The van der Waals surface area contributed by atoms with Gasteiger partial charge in [0.2, 0.25) is 0 Å². The molecule has 0 radical (unpaired) electrons. The first-order valence-corrected chi connectivity index (χ1v) is 10.4. The van der Waals surface area contributed by atoms with Crippen molar-refractivity contribution in [3.8, 4) is 0 Å². The summed E-state index contributed by atoms with van der Waals surface area (Å²) in [5.41, 5.74) is 0.989. The second kappa shape index (κ2) is 8.18. The number of carbonyl (C=O) groups is 1. The molecular weight excluding hydrogens is 421 g/mol. The molecule has 0 spiro atoms. The third-order valence-corrected chi connectivity index (χ3v) is 5.81. The molecule has 1 amide bonds. The van der Waals surface area contributed by atoms with Gasteiger partial charge in [-0.1, -0.05) is 6.07 Å². The molecule has 5 rings (SSSR count). The standard InChI is InChI=1S/C22H21F3N6O/c23-13-8-9-31-16(10-13)11-17(29-31)22(32)27-15-6-4-14(5-7-15)26-19-2-1-3-20-28-18(21(24)25)12-30(19)20/h1-3,8-12,14-15,21,26H,4-7H2,(H,27,32)/t14-,15+. The highest BCUT2D eigenvalue weighted by molar-refractivity contribution is 5.93. The van der Waals surface area contributed by atoms with E-state index in [1.807, 2.05) is 6.07 Å². The Kier molecular flexibility index (Phi) is 5.20. The van der Waals surface area contributed by atoms with E-state index >= 15 is 0 Å². The molecule has 0 saturated heterocycles. The van der Waals surface area contributed by atoms with E-state index in [0.717, 1.165) is 25.7 Å². The van der Waals surface area contributed by atoms with Crippen LogP contribution in [-0.2, 0) is 0 Å². The zero-order chi connectivity index (χ0) is 22.2. The number of hydrogen-bond donors (Lipinski definition) is 2. The predicted molar refractivity (Wildman–Crippen MR) is 112 cm³/mol. The Hall–Kier alpha value is -3.56. The first-order valence-electron chi connectivity index (χ1n) is 10.4. The Labute approximate surface area is 181 Å². The summed E-state index contributed by atoms with van der Waals surface area (Å²) in [6, 6.07) is 9.65. The maximum Gasteiger partial charge on any atom is 0.281 e. The first kappa shape index (κ1) is 20.3. The quantitative estimate of drug-likeness (QED) is 0.486. The molecule has 4 aromatic heterocycles. The van der Waals surface area contributed by atoms with Crippen molar-refractivity contribution in [3.63, 3.8) is 0 Å². The minimum atomic E-state index is -2.62. The summed E-state index contributed by atoms with van der Waals surface area (Å²) in [6.45, 7) is 0. The average molecular weight is 442 g/mol. The minimum absolute atomic E-state index is 0.0107. The number of halogens is 3. The van der Waals surface area contributed by atoms with Crippen LogP contribution >= 0.6 is 0 Å². The van der Waals surface area contributed by atoms with Crippen LogP contribution in [0, 0.1) is 5.82 Å². The van der Waals surface area contributed by atoms with Crippen LogP contribution in [0.1, 0.15) is 48.3 Å². The molecule has 4 aromatic rings. The summed E-state index contributed by atoms with van der Waals surface area (Å²) in [6.07, 6.45) is 3.38. The summed E-state index contributed by atoms with van der Waals surface area (Å²) in [7, 11) is 0. The topological polar surface area (TPSA) is 75.7 Å². The molecule has 0 unspecified atom stereocenters. The summed E-state index contributed by atoms with van der Waals surface area (Å²) in [4.78, 5) is 16.5. The number of amides is 1. The number of nitrogens with one attached hydrogen (secondary N) is 2. The number of nitrogens with zero attached hydrogens (tertiary/aromatic N) is 4. The third kappa shape index (κ3) is 4.00. The van der Waals surface area contributed by atoms with Crippen molar-refractivity contribution in [2.24, 2.45) is 0 Å². The summed E-state index contributed by atoms with van der Waals surface area (Å²) in [5, 5.41) is 10.6. The van der Waals surface area contributed by atoms with Gasteiger partial charge in [-0.2, -0.15) is 5.10 Å². The molecule has 1 aliphatic carbocycles. The molecule has 0 aliphatic heterocycles. The van der Waals surface area contributed by atoms with E-state index in [1.165, 1.54) is 29.0 Å². The maximum absolute atomic E-state index is 13.3. The van der Waals surface area contributed by atoms with Crippen LogP contribution in [0.5, 0.6) is 0 Å². The Morgan fingerprint density at radius 3 is 2.66 bits per heavy atom. The van der Waals surface area contributed by atoms with Crippen LogP contribution in [-0.4, -0.2) is 37.0 Å². The number of aromatic nitrogens is 4. The fourth-order valence-electron chi connectivity index (χ4n) is 4.18. The zero-order valence-corrected chi connectivity index (χ0v) is 17.0. The molecule has 1 saturated carbocycles. The van der Waals surface area contributed by atoms with Crippen molar-refractivity contribution in [3.05, 3.63) is 66.0 Å².